The van der Waals surface area contributed by atoms with E-state index in [9.17, 15) is 13.5 Å². The summed E-state index contributed by atoms with van der Waals surface area (Å²) in [5, 5.41) is 13.1. The molecule has 0 spiro atoms. The van der Waals surface area contributed by atoms with E-state index in [1.54, 1.807) is 31.4 Å². The normalized spacial score (nSPS) is 12.9. The number of benzene rings is 3. The summed E-state index contributed by atoms with van der Waals surface area (Å²) in [6, 6.07) is 22.8. The second kappa shape index (κ2) is 8.01. The van der Waals surface area contributed by atoms with E-state index in [1.807, 2.05) is 41.0 Å². The van der Waals surface area contributed by atoms with Crippen LogP contribution in [0.15, 0.2) is 72.8 Å². The number of para-hydroxylation sites is 2. The molecule has 1 aromatic heterocycles. The van der Waals surface area contributed by atoms with Crippen LogP contribution in [-0.2, 0) is 16.6 Å². The predicted octanol–water partition coefficient (Wildman–Crippen LogP) is 3.63. The molecule has 4 aromatic rings. The first-order valence-electron chi connectivity index (χ1n) is 9.64. The lowest BCUT2D eigenvalue weighted by molar-refractivity contribution is 0.166. The number of anilines is 1. The summed E-state index contributed by atoms with van der Waals surface area (Å²) in [5.41, 5.74) is 2.50. The number of hydrogen-bond donors (Lipinski definition) is 1. The van der Waals surface area contributed by atoms with E-state index in [0.717, 1.165) is 28.1 Å². The molecule has 30 heavy (non-hydrogen) atoms. The van der Waals surface area contributed by atoms with E-state index < -0.39 is 16.1 Å². The fourth-order valence-electron chi connectivity index (χ4n) is 3.84. The lowest BCUT2D eigenvalue weighted by atomic mass is 10.2. The highest BCUT2D eigenvalue weighted by Crippen LogP contribution is 2.29. The van der Waals surface area contributed by atoms with Crippen molar-refractivity contribution in [3.8, 4) is 5.75 Å². The molecule has 1 N–H and O–H groups in total. The monoisotopic (exact) mass is 424 g/mol. The molecule has 0 amide bonds. The van der Waals surface area contributed by atoms with Gasteiger partial charge in [0, 0.05) is 21.8 Å². The molecule has 0 saturated heterocycles. The molecule has 0 radical (unpaired) electrons. The van der Waals surface area contributed by atoms with Crippen molar-refractivity contribution in [2.75, 3.05) is 24.2 Å². The van der Waals surface area contributed by atoms with Crippen LogP contribution in [0.2, 0.25) is 0 Å². The van der Waals surface area contributed by atoms with Crippen LogP contribution >= 0.6 is 0 Å². The molecule has 1 unspecified atom stereocenters. The van der Waals surface area contributed by atoms with Crippen molar-refractivity contribution >= 4 is 37.5 Å². The number of fused-ring (bicyclic) bond motifs is 3. The van der Waals surface area contributed by atoms with Crippen LogP contribution in [0.25, 0.3) is 21.8 Å². The van der Waals surface area contributed by atoms with Gasteiger partial charge >= 0.3 is 0 Å². The van der Waals surface area contributed by atoms with Gasteiger partial charge in [-0.05, 0) is 36.4 Å². The number of nitrogens with zero attached hydrogens (tertiary/aromatic N) is 2. The van der Waals surface area contributed by atoms with Crippen molar-refractivity contribution in [1.82, 2.24) is 4.57 Å². The van der Waals surface area contributed by atoms with Crippen LogP contribution in [0.3, 0.4) is 0 Å². The molecule has 6 nitrogen and oxygen atoms in total. The smallest absolute Gasteiger partial charge is 0.232 e. The number of aromatic nitrogens is 1. The first-order valence-corrected chi connectivity index (χ1v) is 11.5. The first kappa shape index (κ1) is 20.3. The average Bonchev–Trinajstić information content (AvgIpc) is 3.05. The Morgan fingerprint density at radius 3 is 1.97 bits per heavy atom. The number of ether oxygens (including phenoxy) is 1. The van der Waals surface area contributed by atoms with Gasteiger partial charge in [0.2, 0.25) is 10.0 Å². The molecule has 0 bridgehead atoms. The molecule has 4 rings (SSSR count). The molecule has 1 heterocycles. The van der Waals surface area contributed by atoms with Gasteiger partial charge in [0.1, 0.15) is 5.75 Å². The van der Waals surface area contributed by atoms with E-state index in [-0.39, 0.29) is 13.1 Å². The minimum absolute atomic E-state index is 0.0496. The van der Waals surface area contributed by atoms with Gasteiger partial charge in [-0.3, -0.25) is 4.31 Å². The van der Waals surface area contributed by atoms with Crippen molar-refractivity contribution in [3.05, 3.63) is 72.8 Å². The molecule has 0 fully saturated rings. The number of aliphatic hydroxyl groups is 1. The highest BCUT2D eigenvalue weighted by molar-refractivity contribution is 7.92. The maximum atomic E-state index is 12.4. The molecule has 0 saturated carbocycles. The van der Waals surface area contributed by atoms with Crippen LogP contribution in [-0.4, -0.2) is 44.1 Å². The highest BCUT2D eigenvalue weighted by Gasteiger charge is 2.22. The second-order valence-electron chi connectivity index (χ2n) is 7.29. The zero-order valence-electron chi connectivity index (χ0n) is 16.9. The summed E-state index contributed by atoms with van der Waals surface area (Å²) in [7, 11) is -2.02. The van der Waals surface area contributed by atoms with E-state index in [0.29, 0.717) is 11.4 Å². The lowest BCUT2D eigenvalue weighted by Crippen LogP contribution is -2.38. The number of rotatable bonds is 7. The number of hydrogen-bond acceptors (Lipinski definition) is 4. The minimum atomic E-state index is -3.57. The van der Waals surface area contributed by atoms with Gasteiger partial charge in [-0.15, -0.1) is 0 Å². The van der Waals surface area contributed by atoms with Crippen LogP contribution < -0.4 is 9.04 Å². The number of methoxy groups -OCH3 is 1. The number of aliphatic hydroxyl groups excluding tert-OH is 1. The summed E-state index contributed by atoms with van der Waals surface area (Å²) in [4.78, 5) is 0. The van der Waals surface area contributed by atoms with Crippen LogP contribution in [0.4, 0.5) is 5.69 Å². The molecular weight excluding hydrogens is 400 g/mol. The van der Waals surface area contributed by atoms with Gasteiger partial charge in [0.05, 0.1) is 38.2 Å². The van der Waals surface area contributed by atoms with E-state index >= 15 is 0 Å². The minimum Gasteiger partial charge on any atom is -0.497 e. The Hall–Kier alpha value is -3.03. The fourth-order valence-corrected chi connectivity index (χ4v) is 4.79. The third-order valence-electron chi connectivity index (χ3n) is 5.21. The molecule has 7 heteroatoms. The average molecular weight is 425 g/mol. The topological polar surface area (TPSA) is 71.8 Å². The Balaban J connectivity index is 1.66. The van der Waals surface area contributed by atoms with E-state index in [4.69, 9.17) is 4.74 Å². The number of sulfonamides is 1. The third-order valence-corrected chi connectivity index (χ3v) is 6.37. The van der Waals surface area contributed by atoms with Gasteiger partial charge in [0.15, 0.2) is 0 Å². The van der Waals surface area contributed by atoms with Gasteiger partial charge in [-0.1, -0.05) is 36.4 Å². The highest BCUT2D eigenvalue weighted by atomic mass is 32.2. The Morgan fingerprint density at radius 1 is 0.933 bits per heavy atom. The standard InChI is InChI=1S/C23H24N2O4S/c1-29-19-13-11-17(12-14-19)25(30(2,27)28)16-18(26)15-24-22-9-5-3-7-20(22)21-8-4-6-10-23(21)24/h3-14,18,26H,15-16H2,1-2H3. The molecule has 0 aliphatic carbocycles. The van der Waals surface area contributed by atoms with Gasteiger partial charge in [-0.2, -0.15) is 0 Å². The SMILES string of the molecule is COc1ccc(N(CC(O)Cn2c3ccccc3c3ccccc32)S(C)(=O)=O)cc1. The van der Waals surface area contributed by atoms with Crippen molar-refractivity contribution in [2.24, 2.45) is 0 Å². The Bertz CT molecular complexity index is 1230. The van der Waals surface area contributed by atoms with Crippen LogP contribution in [0.5, 0.6) is 5.75 Å². The van der Waals surface area contributed by atoms with Crippen molar-refractivity contribution in [2.45, 2.75) is 12.6 Å². The molecular formula is C23H24N2O4S. The van der Waals surface area contributed by atoms with Gasteiger partial charge in [-0.25, -0.2) is 8.42 Å². The zero-order chi connectivity index (χ0) is 21.3. The Kier molecular flexibility index (Phi) is 5.40. The predicted molar refractivity (Wildman–Crippen MR) is 121 cm³/mol. The summed E-state index contributed by atoms with van der Waals surface area (Å²) in [6.07, 6.45) is 0.241. The zero-order valence-corrected chi connectivity index (χ0v) is 17.7. The van der Waals surface area contributed by atoms with Crippen molar-refractivity contribution in [1.29, 1.82) is 0 Å². The van der Waals surface area contributed by atoms with Crippen molar-refractivity contribution < 1.29 is 18.3 Å². The lowest BCUT2D eigenvalue weighted by Gasteiger charge is -2.26. The first-order chi connectivity index (χ1) is 14.4. The van der Waals surface area contributed by atoms with Gasteiger partial charge in [0.25, 0.3) is 0 Å². The quantitative estimate of drug-likeness (QED) is 0.492. The van der Waals surface area contributed by atoms with Crippen molar-refractivity contribution in [3.63, 3.8) is 0 Å². The summed E-state index contributed by atoms with van der Waals surface area (Å²) >= 11 is 0. The maximum absolute atomic E-state index is 12.4. The second-order valence-corrected chi connectivity index (χ2v) is 9.20. The Morgan fingerprint density at radius 2 is 1.47 bits per heavy atom. The molecule has 156 valence electrons. The molecule has 3 aromatic carbocycles. The van der Waals surface area contributed by atoms with Crippen LogP contribution in [0, 0.1) is 0 Å². The summed E-state index contributed by atoms with van der Waals surface area (Å²) < 4.78 is 33.3. The Labute approximate surface area is 176 Å². The summed E-state index contributed by atoms with van der Waals surface area (Å²) in [5.74, 6) is 0.637. The fraction of sp³-hybridized carbons (Fsp3) is 0.217. The maximum Gasteiger partial charge on any atom is 0.232 e. The van der Waals surface area contributed by atoms with E-state index in [2.05, 4.69) is 12.1 Å². The molecule has 0 aliphatic rings. The van der Waals surface area contributed by atoms with Crippen LogP contribution in [0.1, 0.15) is 0 Å². The largest absolute Gasteiger partial charge is 0.497 e. The third kappa shape index (κ3) is 3.86. The molecule has 1 atom stereocenters. The van der Waals surface area contributed by atoms with Gasteiger partial charge < -0.3 is 14.4 Å². The molecule has 0 aliphatic heterocycles. The summed E-state index contributed by atoms with van der Waals surface area (Å²) in [6.45, 7) is 0.224. The van der Waals surface area contributed by atoms with E-state index in [1.165, 1.54) is 4.31 Å².